The Morgan fingerprint density at radius 2 is 1.74 bits per heavy atom. The van der Waals surface area contributed by atoms with Crippen molar-refractivity contribution in [3.05, 3.63) is 87.3 Å². The Kier molecular flexibility index (Phi) is 6.28. The van der Waals surface area contributed by atoms with Gasteiger partial charge >= 0.3 is 5.97 Å². The van der Waals surface area contributed by atoms with Gasteiger partial charge in [0.25, 0.3) is 5.56 Å². The van der Waals surface area contributed by atoms with E-state index in [-0.39, 0.29) is 11.5 Å². The molecule has 0 aliphatic rings. The molecule has 0 atom stereocenters. The lowest BCUT2D eigenvalue weighted by atomic mass is 10.0. The fraction of sp³-hybridized carbons (Fsp3) is 0.240. The zero-order valence-electron chi connectivity index (χ0n) is 17.6. The topological polar surface area (TPSA) is 61.2 Å². The minimum absolute atomic E-state index is 0.0627. The largest absolute Gasteiger partial charge is 0.462 e. The summed E-state index contributed by atoms with van der Waals surface area (Å²) in [5, 5.41) is 2.65. The molecule has 31 heavy (non-hydrogen) atoms. The highest BCUT2D eigenvalue weighted by molar-refractivity contribution is 7.17. The minimum atomic E-state index is -0.328. The van der Waals surface area contributed by atoms with Crippen LogP contribution < -0.4 is 5.56 Å². The van der Waals surface area contributed by atoms with Crippen LogP contribution in [0.2, 0.25) is 0 Å². The highest BCUT2D eigenvalue weighted by Crippen LogP contribution is 2.30. The van der Waals surface area contributed by atoms with Crippen molar-refractivity contribution in [3.8, 4) is 11.1 Å². The third kappa shape index (κ3) is 4.44. The van der Waals surface area contributed by atoms with Crippen molar-refractivity contribution in [1.29, 1.82) is 0 Å². The number of hydrogen-bond acceptors (Lipinski definition) is 5. The smallest absolute Gasteiger partial charge is 0.338 e. The molecule has 0 aliphatic heterocycles. The van der Waals surface area contributed by atoms with E-state index in [1.165, 1.54) is 16.9 Å². The first-order valence-electron chi connectivity index (χ1n) is 10.4. The highest BCUT2D eigenvalue weighted by atomic mass is 32.1. The first-order chi connectivity index (χ1) is 15.1. The SMILES string of the molecule is CCCOC(=O)c1ccc(Cn2cnc3scc(-c4ccc(CC)cc4)c3c2=O)cc1. The lowest BCUT2D eigenvalue weighted by Gasteiger charge is -2.08. The number of fused-ring (bicyclic) bond motifs is 1. The van der Waals surface area contributed by atoms with Gasteiger partial charge in [-0.05, 0) is 41.7 Å². The van der Waals surface area contributed by atoms with E-state index < -0.39 is 0 Å². The zero-order chi connectivity index (χ0) is 21.8. The molecule has 2 heterocycles. The molecule has 6 heteroatoms. The Bertz CT molecular complexity index is 1250. The number of ether oxygens (including phenoxy) is 1. The summed E-state index contributed by atoms with van der Waals surface area (Å²) in [7, 11) is 0. The van der Waals surface area contributed by atoms with E-state index in [0.29, 0.717) is 24.1 Å². The molecule has 0 saturated heterocycles. The van der Waals surface area contributed by atoms with Crippen molar-refractivity contribution in [2.45, 2.75) is 33.2 Å². The van der Waals surface area contributed by atoms with Crippen molar-refractivity contribution < 1.29 is 9.53 Å². The predicted octanol–water partition coefficient (Wildman–Crippen LogP) is 5.30. The fourth-order valence-electron chi connectivity index (χ4n) is 3.43. The summed E-state index contributed by atoms with van der Waals surface area (Å²) in [6, 6.07) is 15.5. The van der Waals surface area contributed by atoms with E-state index >= 15 is 0 Å². The van der Waals surface area contributed by atoms with Crippen molar-refractivity contribution >= 4 is 27.5 Å². The summed E-state index contributed by atoms with van der Waals surface area (Å²) in [4.78, 5) is 30.5. The van der Waals surface area contributed by atoms with Gasteiger partial charge in [0.1, 0.15) is 4.83 Å². The van der Waals surface area contributed by atoms with Gasteiger partial charge in [-0.1, -0.05) is 50.2 Å². The zero-order valence-corrected chi connectivity index (χ0v) is 18.4. The van der Waals surface area contributed by atoms with Crippen LogP contribution in [-0.2, 0) is 17.7 Å². The van der Waals surface area contributed by atoms with Gasteiger partial charge in [-0.3, -0.25) is 9.36 Å². The molecule has 0 spiro atoms. The second kappa shape index (κ2) is 9.27. The first-order valence-corrected chi connectivity index (χ1v) is 11.3. The molecule has 0 amide bonds. The Morgan fingerprint density at radius 1 is 1.03 bits per heavy atom. The average Bonchev–Trinajstić information content (AvgIpc) is 3.25. The maximum Gasteiger partial charge on any atom is 0.338 e. The van der Waals surface area contributed by atoms with E-state index in [1.807, 2.05) is 24.4 Å². The van der Waals surface area contributed by atoms with E-state index in [2.05, 4.69) is 36.2 Å². The third-order valence-corrected chi connectivity index (χ3v) is 6.10. The first kappa shape index (κ1) is 21.0. The number of hydrogen-bond donors (Lipinski definition) is 0. The van der Waals surface area contributed by atoms with Crippen molar-refractivity contribution in [2.24, 2.45) is 0 Å². The van der Waals surface area contributed by atoms with Crippen LogP contribution >= 0.6 is 11.3 Å². The van der Waals surface area contributed by atoms with Crippen LogP contribution in [0.4, 0.5) is 0 Å². The minimum Gasteiger partial charge on any atom is -0.462 e. The van der Waals surface area contributed by atoms with Crippen LogP contribution in [0.15, 0.2) is 65.0 Å². The molecule has 0 aliphatic carbocycles. The molecule has 0 bridgehead atoms. The van der Waals surface area contributed by atoms with Gasteiger partial charge in [0, 0.05) is 10.9 Å². The molecule has 0 radical (unpaired) electrons. The van der Waals surface area contributed by atoms with Crippen LogP contribution in [-0.4, -0.2) is 22.1 Å². The maximum atomic E-state index is 13.3. The van der Waals surface area contributed by atoms with Gasteiger partial charge in [-0.25, -0.2) is 9.78 Å². The molecule has 5 nitrogen and oxygen atoms in total. The lowest BCUT2D eigenvalue weighted by Crippen LogP contribution is -2.21. The van der Waals surface area contributed by atoms with Gasteiger partial charge in [0.15, 0.2) is 0 Å². The van der Waals surface area contributed by atoms with Crippen molar-refractivity contribution in [1.82, 2.24) is 9.55 Å². The van der Waals surface area contributed by atoms with Crippen LogP contribution in [0.3, 0.4) is 0 Å². The molecular formula is C25H24N2O3S. The second-order valence-corrected chi connectivity index (χ2v) is 8.25. The summed E-state index contributed by atoms with van der Waals surface area (Å²) in [5.74, 6) is -0.328. The molecule has 0 unspecified atom stereocenters. The monoisotopic (exact) mass is 432 g/mol. The van der Waals surface area contributed by atoms with E-state index in [9.17, 15) is 9.59 Å². The Morgan fingerprint density at radius 3 is 2.42 bits per heavy atom. The van der Waals surface area contributed by atoms with Crippen molar-refractivity contribution in [2.75, 3.05) is 6.61 Å². The Balaban J connectivity index is 1.62. The van der Waals surface area contributed by atoms with Gasteiger partial charge in [0.05, 0.1) is 30.4 Å². The van der Waals surface area contributed by atoms with Gasteiger partial charge in [0.2, 0.25) is 0 Å². The second-order valence-electron chi connectivity index (χ2n) is 7.39. The van der Waals surface area contributed by atoms with E-state index in [0.717, 1.165) is 34.4 Å². The standard InChI is InChI=1S/C25H24N2O3S/c1-3-13-30-25(29)20-11-7-18(8-12-20)14-27-16-26-23-22(24(27)28)21(15-31-23)19-9-5-17(4-2)6-10-19/h5-12,15-16H,3-4,13-14H2,1-2H3. The van der Waals surface area contributed by atoms with Gasteiger partial charge in [-0.2, -0.15) is 0 Å². The molecule has 4 aromatic rings. The summed E-state index contributed by atoms with van der Waals surface area (Å²) in [6.45, 7) is 4.87. The average molecular weight is 433 g/mol. The van der Waals surface area contributed by atoms with Crippen molar-refractivity contribution in [3.63, 3.8) is 0 Å². The molecule has 2 aromatic heterocycles. The molecule has 158 valence electrons. The van der Waals surface area contributed by atoms with Gasteiger partial charge in [-0.15, -0.1) is 11.3 Å². The molecule has 0 saturated carbocycles. The number of rotatable bonds is 7. The van der Waals surface area contributed by atoms with Crippen LogP contribution in [0.1, 0.15) is 41.8 Å². The quantitative estimate of drug-likeness (QED) is 0.372. The number of carbonyl (C=O) groups is 1. The normalized spacial score (nSPS) is 11.0. The summed E-state index contributed by atoms with van der Waals surface area (Å²) in [6.07, 6.45) is 3.36. The maximum absolute atomic E-state index is 13.3. The molecule has 0 N–H and O–H groups in total. The number of benzene rings is 2. The predicted molar refractivity (Wildman–Crippen MR) is 125 cm³/mol. The Labute approximate surface area is 185 Å². The number of thiophene rings is 1. The van der Waals surface area contributed by atoms with Crippen LogP contribution in [0.5, 0.6) is 0 Å². The number of carbonyl (C=O) groups excluding carboxylic acids is 1. The van der Waals surface area contributed by atoms with Crippen LogP contribution in [0, 0.1) is 0 Å². The summed E-state index contributed by atoms with van der Waals surface area (Å²) < 4.78 is 6.77. The number of nitrogens with zero attached hydrogens (tertiary/aromatic N) is 2. The molecular weight excluding hydrogens is 408 g/mol. The molecule has 4 rings (SSSR count). The Hall–Kier alpha value is -3.25. The summed E-state index contributed by atoms with van der Waals surface area (Å²) >= 11 is 1.48. The van der Waals surface area contributed by atoms with E-state index in [4.69, 9.17) is 4.74 Å². The summed E-state index contributed by atoms with van der Waals surface area (Å²) in [5.41, 5.74) is 4.57. The highest BCUT2D eigenvalue weighted by Gasteiger charge is 2.14. The lowest BCUT2D eigenvalue weighted by molar-refractivity contribution is 0.0505. The fourth-order valence-corrected chi connectivity index (χ4v) is 4.34. The van der Waals surface area contributed by atoms with Gasteiger partial charge < -0.3 is 4.74 Å². The van der Waals surface area contributed by atoms with E-state index in [1.54, 1.807) is 23.0 Å². The molecule has 0 fully saturated rings. The van der Waals surface area contributed by atoms with Crippen LogP contribution in [0.25, 0.3) is 21.3 Å². The number of esters is 1. The third-order valence-electron chi connectivity index (χ3n) is 5.21. The number of aromatic nitrogens is 2. The number of aryl methyl sites for hydroxylation is 1. The molecule has 2 aromatic carbocycles.